The molecule has 7 heteroatoms. The van der Waals surface area contributed by atoms with Gasteiger partial charge in [-0.1, -0.05) is 48.5 Å². The van der Waals surface area contributed by atoms with Crippen LogP contribution in [0.1, 0.15) is 10.4 Å². The van der Waals surface area contributed by atoms with Gasteiger partial charge in [0.2, 0.25) is 0 Å². The maximum Gasteiger partial charge on any atom is 0.344 e. The van der Waals surface area contributed by atoms with E-state index in [1.54, 1.807) is 6.07 Å². The summed E-state index contributed by atoms with van der Waals surface area (Å²) in [6, 6.07) is 21.5. The molecule has 0 fully saturated rings. The van der Waals surface area contributed by atoms with Gasteiger partial charge in [0, 0.05) is 16.8 Å². The second-order valence-corrected chi connectivity index (χ2v) is 6.44. The highest BCUT2D eigenvalue weighted by Crippen LogP contribution is 2.28. The zero-order valence-electron chi connectivity index (χ0n) is 16.9. The molecule has 158 valence electrons. The van der Waals surface area contributed by atoms with E-state index in [0.29, 0.717) is 23.3 Å². The number of aldehydes is 1. The van der Waals surface area contributed by atoms with E-state index < -0.39 is 25.1 Å². The predicted molar refractivity (Wildman–Crippen MR) is 115 cm³/mol. The molecule has 0 aliphatic carbocycles. The van der Waals surface area contributed by atoms with E-state index in [-0.39, 0.29) is 5.75 Å². The Kier molecular flexibility index (Phi) is 7.37. The third-order valence-electron chi connectivity index (χ3n) is 4.32. The van der Waals surface area contributed by atoms with Crippen molar-refractivity contribution in [2.45, 2.75) is 0 Å². The normalized spacial score (nSPS) is 10.1. The molecular weight excluding hydrogens is 398 g/mol. The summed E-state index contributed by atoms with van der Waals surface area (Å²) in [7, 11) is 1.42. The van der Waals surface area contributed by atoms with Crippen LogP contribution in [-0.2, 0) is 14.3 Å². The molecule has 3 aromatic carbocycles. The van der Waals surface area contributed by atoms with Crippen LogP contribution in [0.4, 0.5) is 5.69 Å². The maximum absolute atomic E-state index is 12.3. The van der Waals surface area contributed by atoms with E-state index in [1.807, 2.05) is 48.5 Å². The first-order valence-corrected chi connectivity index (χ1v) is 9.46. The highest BCUT2D eigenvalue weighted by atomic mass is 16.6. The Morgan fingerprint density at radius 1 is 0.903 bits per heavy atom. The van der Waals surface area contributed by atoms with Gasteiger partial charge in [-0.25, -0.2) is 4.79 Å². The summed E-state index contributed by atoms with van der Waals surface area (Å²) in [5, 5.41) is 2.76. The number of hydrogen-bond donors (Lipinski definition) is 1. The molecule has 3 aromatic rings. The van der Waals surface area contributed by atoms with Gasteiger partial charge in [-0.2, -0.15) is 0 Å². The van der Waals surface area contributed by atoms with Gasteiger partial charge in [0.25, 0.3) is 5.91 Å². The first kappa shape index (κ1) is 21.6. The van der Waals surface area contributed by atoms with E-state index in [2.05, 4.69) is 5.32 Å². The van der Waals surface area contributed by atoms with Crippen molar-refractivity contribution in [1.29, 1.82) is 0 Å². The molecule has 7 nitrogen and oxygen atoms in total. The molecule has 0 unspecified atom stereocenters. The van der Waals surface area contributed by atoms with Gasteiger partial charge < -0.3 is 19.5 Å². The summed E-state index contributed by atoms with van der Waals surface area (Å²) in [5.74, 6) is -0.586. The number of methoxy groups -OCH3 is 1. The smallest absolute Gasteiger partial charge is 0.344 e. The van der Waals surface area contributed by atoms with Crippen molar-refractivity contribution in [1.82, 2.24) is 0 Å². The van der Waals surface area contributed by atoms with Gasteiger partial charge in [-0.15, -0.1) is 0 Å². The number of para-hydroxylation sites is 1. The van der Waals surface area contributed by atoms with E-state index in [9.17, 15) is 14.4 Å². The summed E-state index contributed by atoms with van der Waals surface area (Å²) in [6.45, 7) is -0.864. The van der Waals surface area contributed by atoms with Crippen LogP contribution >= 0.6 is 0 Å². The molecule has 0 aliphatic rings. The number of anilines is 1. The van der Waals surface area contributed by atoms with Crippen molar-refractivity contribution < 1.29 is 28.6 Å². The van der Waals surface area contributed by atoms with Crippen LogP contribution in [0, 0.1) is 0 Å². The Morgan fingerprint density at radius 2 is 1.65 bits per heavy atom. The molecular formula is C24H21NO6. The minimum atomic E-state index is -0.715. The average molecular weight is 419 g/mol. The lowest BCUT2D eigenvalue weighted by molar-refractivity contribution is -0.149. The van der Waals surface area contributed by atoms with Crippen molar-refractivity contribution in [2.24, 2.45) is 0 Å². The molecule has 1 N–H and O–H groups in total. The van der Waals surface area contributed by atoms with Crippen LogP contribution in [0.3, 0.4) is 0 Å². The van der Waals surface area contributed by atoms with Crippen molar-refractivity contribution in [3.8, 4) is 22.6 Å². The Hall–Kier alpha value is -4.13. The summed E-state index contributed by atoms with van der Waals surface area (Å²) >= 11 is 0. The van der Waals surface area contributed by atoms with Gasteiger partial charge in [0.1, 0.15) is 6.29 Å². The summed E-state index contributed by atoms with van der Waals surface area (Å²) in [6.07, 6.45) is 0.676. The number of carbonyl (C=O) groups is 3. The highest BCUT2D eigenvalue weighted by molar-refractivity contribution is 5.96. The van der Waals surface area contributed by atoms with Crippen LogP contribution in [0.25, 0.3) is 11.1 Å². The summed E-state index contributed by atoms with van der Waals surface area (Å²) in [5.41, 5.74) is 2.85. The SMILES string of the molecule is COc1cc(C=O)ccc1OCC(=O)OCC(=O)Nc1ccccc1-c1ccccc1. The monoisotopic (exact) mass is 419 g/mol. The molecule has 0 saturated carbocycles. The number of benzene rings is 3. The molecule has 0 bridgehead atoms. The van der Waals surface area contributed by atoms with Gasteiger partial charge in [-0.05, 0) is 29.8 Å². The maximum atomic E-state index is 12.3. The van der Waals surface area contributed by atoms with E-state index in [0.717, 1.165) is 11.1 Å². The lowest BCUT2D eigenvalue weighted by Gasteiger charge is -2.12. The van der Waals surface area contributed by atoms with Gasteiger partial charge in [-0.3, -0.25) is 9.59 Å². The molecule has 31 heavy (non-hydrogen) atoms. The van der Waals surface area contributed by atoms with Crippen LogP contribution in [0.2, 0.25) is 0 Å². The molecule has 1 amide bonds. The number of rotatable bonds is 9. The number of nitrogens with one attached hydrogen (secondary N) is 1. The van der Waals surface area contributed by atoms with E-state index >= 15 is 0 Å². The fourth-order valence-electron chi connectivity index (χ4n) is 2.85. The highest BCUT2D eigenvalue weighted by Gasteiger charge is 2.13. The number of amides is 1. The molecule has 0 aliphatic heterocycles. The van der Waals surface area contributed by atoms with Crippen LogP contribution < -0.4 is 14.8 Å². The fourth-order valence-corrected chi connectivity index (χ4v) is 2.85. The van der Waals surface area contributed by atoms with Crippen molar-refractivity contribution >= 4 is 23.9 Å². The largest absolute Gasteiger partial charge is 0.493 e. The Morgan fingerprint density at radius 3 is 2.39 bits per heavy atom. The van der Waals surface area contributed by atoms with Crippen LogP contribution in [0.15, 0.2) is 72.8 Å². The molecule has 0 radical (unpaired) electrons. The third kappa shape index (κ3) is 5.93. The number of esters is 1. The number of ether oxygens (including phenoxy) is 3. The molecule has 0 heterocycles. The lowest BCUT2D eigenvalue weighted by Crippen LogP contribution is -2.24. The Labute approximate surface area is 179 Å². The summed E-state index contributed by atoms with van der Waals surface area (Å²) < 4.78 is 15.5. The van der Waals surface area contributed by atoms with Crippen molar-refractivity contribution in [3.63, 3.8) is 0 Å². The second kappa shape index (κ2) is 10.6. The molecule has 0 atom stereocenters. The minimum absolute atomic E-state index is 0.284. The third-order valence-corrected chi connectivity index (χ3v) is 4.32. The van der Waals surface area contributed by atoms with E-state index in [1.165, 1.54) is 25.3 Å². The van der Waals surface area contributed by atoms with E-state index in [4.69, 9.17) is 14.2 Å². The second-order valence-electron chi connectivity index (χ2n) is 6.44. The first-order valence-electron chi connectivity index (χ1n) is 9.46. The number of carbonyl (C=O) groups excluding carboxylic acids is 3. The Balaban J connectivity index is 1.53. The quantitative estimate of drug-likeness (QED) is 0.420. The number of hydrogen-bond acceptors (Lipinski definition) is 6. The average Bonchev–Trinajstić information content (AvgIpc) is 2.82. The zero-order valence-corrected chi connectivity index (χ0v) is 16.9. The zero-order chi connectivity index (χ0) is 22.1. The molecule has 0 saturated heterocycles. The summed E-state index contributed by atoms with van der Waals surface area (Å²) in [4.78, 5) is 35.0. The van der Waals surface area contributed by atoms with Crippen molar-refractivity contribution in [3.05, 3.63) is 78.4 Å². The fraction of sp³-hybridized carbons (Fsp3) is 0.125. The predicted octanol–water partition coefficient (Wildman–Crippen LogP) is 3.74. The molecule has 0 aromatic heterocycles. The minimum Gasteiger partial charge on any atom is -0.493 e. The molecule has 3 rings (SSSR count). The topological polar surface area (TPSA) is 90.9 Å². The van der Waals surface area contributed by atoms with Crippen molar-refractivity contribution in [2.75, 3.05) is 25.6 Å². The standard InChI is InChI=1S/C24H21NO6/c1-29-22-13-17(14-26)11-12-21(22)30-16-24(28)31-15-23(27)25-20-10-6-5-9-19(20)18-7-3-2-4-8-18/h2-14H,15-16H2,1H3,(H,25,27). The van der Waals surface area contributed by atoms with Crippen LogP contribution in [0.5, 0.6) is 11.5 Å². The Bertz CT molecular complexity index is 1060. The van der Waals surface area contributed by atoms with Gasteiger partial charge >= 0.3 is 5.97 Å². The van der Waals surface area contributed by atoms with Crippen LogP contribution in [-0.4, -0.2) is 38.5 Å². The first-order chi connectivity index (χ1) is 15.1. The molecule has 0 spiro atoms. The lowest BCUT2D eigenvalue weighted by atomic mass is 10.0. The van der Waals surface area contributed by atoms with Gasteiger partial charge in [0.15, 0.2) is 24.7 Å². The van der Waals surface area contributed by atoms with Gasteiger partial charge in [0.05, 0.1) is 7.11 Å².